The summed E-state index contributed by atoms with van der Waals surface area (Å²) < 4.78 is 4.81. The lowest BCUT2D eigenvalue weighted by Gasteiger charge is -2.26. The Morgan fingerprint density at radius 1 is 1.24 bits per heavy atom. The largest absolute Gasteiger partial charge is 0.475 e. The first-order chi connectivity index (χ1) is 10.2. The first-order valence-corrected chi connectivity index (χ1v) is 7.24. The number of carbonyl (C=O) groups is 1. The highest BCUT2D eigenvalue weighted by Crippen LogP contribution is 2.22. The summed E-state index contributed by atoms with van der Waals surface area (Å²) in [6.45, 7) is 3.23. The maximum Gasteiger partial charge on any atom is 0.374 e. The Bertz CT molecular complexity index is 630. The van der Waals surface area contributed by atoms with Crippen LogP contribution in [0, 0.1) is 0 Å². The van der Waals surface area contributed by atoms with Gasteiger partial charge in [0.1, 0.15) is 5.69 Å². The first-order valence-electron chi connectivity index (χ1n) is 7.24. The van der Waals surface area contributed by atoms with Gasteiger partial charge in [0.2, 0.25) is 5.76 Å². The molecule has 0 atom stereocenters. The highest BCUT2D eigenvalue weighted by molar-refractivity contribution is 5.85. The standard InChI is InChI=1S/C16H18N2O3/c19-16(20)15-10-14(17-21-15)13-6-4-5-12(9-13)11-18-7-2-1-3-8-18/h4-6,9-10H,1-3,7-8,11H2,(H,19,20). The van der Waals surface area contributed by atoms with Gasteiger partial charge >= 0.3 is 5.97 Å². The van der Waals surface area contributed by atoms with E-state index >= 15 is 0 Å². The molecule has 5 nitrogen and oxygen atoms in total. The second-order valence-electron chi connectivity index (χ2n) is 5.42. The molecule has 1 aromatic carbocycles. The lowest BCUT2D eigenvalue weighted by Crippen LogP contribution is -2.29. The second-order valence-corrected chi connectivity index (χ2v) is 5.42. The monoisotopic (exact) mass is 286 g/mol. The summed E-state index contributed by atoms with van der Waals surface area (Å²) in [5.41, 5.74) is 2.67. The number of likely N-dealkylation sites (tertiary alicyclic amines) is 1. The lowest BCUT2D eigenvalue weighted by molar-refractivity contribution is 0.0652. The van der Waals surface area contributed by atoms with Gasteiger partial charge in [0.25, 0.3) is 0 Å². The zero-order valence-corrected chi connectivity index (χ0v) is 11.8. The number of carboxylic acid groups (broad SMARTS) is 1. The van der Waals surface area contributed by atoms with Crippen molar-refractivity contribution in [2.45, 2.75) is 25.8 Å². The van der Waals surface area contributed by atoms with E-state index in [4.69, 9.17) is 9.63 Å². The Morgan fingerprint density at radius 2 is 2.05 bits per heavy atom. The van der Waals surface area contributed by atoms with Crippen molar-refractivity contribution in [2.24, 2.45) is 0 Å². The quantitative estimate of drug-likeness (QED) is 0.935. The Balaban J connectivity index is 1.76. The van der Waals surface area contributed by atoms with E-state index in [-0.39, 0.29) is 5.76 Å². The first kappa shape index (κ1) is 13.8. The molecule has 0 aliphatic carbocycles. The van der Waals surface area contributed by atoms with E-state index in [0.717, 1.165) is 25.2 Å². The molecule has 110 valence electrons. The van der Waals surface area contributed by atoms with Gasteiger partial charge in [-0.25, -0.2) is 4.79 Å². The number of piperidine rings is 1. The van der Waals surface area contributed by atoms with Gasteiger partial charge in [-0.2, -0.15) is 0 Å². The van der Waals surface area contributed by atoms with Gasteiger partial charge < -0.3 is 9.63 Å². The van der Waals surface area contributed by atoms with Crippen molar-refractivity contribution in [1.29, 1.82) is 0 Å². The number of nitrogens with zero attached hydrogens (tertiary/aromatic N) is 2. The normalized spacial score (nSPS) is 16.0. The van der Waals surface area contributed by atoms with Crippen molar-refractivity contribution in [3.8, 4) is 11.3 Å². The van der Waals surface area contributed by atoms with Gasteiger partial charge in [-0.15, -0.1) is 0 Å². The topological polar surface area (TPSA) is 66.6 Å². The van der Waals surface area contributed by atoms with E-state index in [0.29, 0.717) is 5.69 Å². The Kier molecular flexibility index (Phi) is 4.01. The molecule has 1 fully saturated rings. The van der Waals surface area contributed by atoms with Crippen LogP contribution in [0.4, 0.5) is 0 Å². The molecular weight excluding hydrogens is 268 g/mol. The zero-order valence-electron chi connectivity index (χ0n) is 11.8. The Morgan fingerprint density at radius 3 is 2.76 bits per heavy atom. The van der Waals surface area contributed by atoms with E-state index < -0.39 is 5.97 Å². The average Bonchev–Trinajstić information content (AvgIpc) is 2.99. The number of aromatic nitrogens is 1. The summed E-state index contributed by atoms with van der Waals surface area (Å²) >= 11 is 0. The van der Waals surface area contributed by atoms with Crippen LogP contribution >= 0.6 is 0 Å². The van der Waals surface area contributed by atoms with Crippen molar-refractivity contribution in [1.82, 2.24) is 10.1 Å². The van der Waals surface area contributed by atoms with Crippen LogP contribution in [-0.2, 0) is 6.54 Å². The van der Waals surface area contributed by atoms with Gasteiger partial charge in [0.15, 0.2) is 0 Å². The number of hydrogen-bond acceptors (Lipinski definition) is 4. The molecule has 0 unspecified atom stereocenters. The van der Waals surface area contributed by atoms with Gasteiger partial charge in [0, 0.05) is 18.2 Å². The van der Waals surface area contributed by atoms with E-state index in [9.17, 15) is 4.79 Å². The minimum absolute atomic E-state index is 0.133. The fraction of sp³-hybridized carbons (Fsp3) is 0.375. The third-order valence-electron chi connectivity index (χ3n) is 3.80. The smallest absolute Gasteiger partial charge is 0.374 e. The summed E-state index contributed by atoms with van der Waals surface area (Å²) in [5.74, 6) is -1.23. The predicted octanol–water partition coefficient (Wildman–Crippen LogP) is 3.03. The van der Waals surface area contributed by atoms with E-state index in [1.165, 1.54) is 30.9 Å². The molecule has 0 radical (unpaired) electrons. The molecule has 0 bridgehead atoms. The molecule has 2 aromatic rings. The van der Waals surface area contributed by atoms with Gasteiger partial charge in [0.05, 0.1) is 0 Å². The molecule has 2 heterocycles. The van der Waals surface area contributed by atoms with E-state index in [2.05, 4.69) is 22.2 Å². The van der Waals surface area contributed by atoms with Crippen LogP contribution in [0.1, 0.15) is 35.4 Å². The SMILES string of the molecule is O=C(O)c1cc(-c2cccc(CN3CCCCC3)c2)no1. The van der Waals surface area contributed by atoms with E-state index in [1.54, 1.807) is 0 Å². The van der Waals surface area contributed by atoms with Crippen molar-refractivity contribution in [3.05, 3.63) is 41.7 Å². The third kappa shape index (κ3) is 3.31. The van der Waals surface area contributed by atoms with Gasteiger partial charge in [-0.1, -0.05) is 29.8 Å². The molecular formula is C16H18N2O3. The summed E-state index contributed by atoms with van der Waals surface area (Å²) in [7, 11) is 0. The maximum atomic E-state index is 10.8. The molecule has 1 aliphatic rings. The minimum Gasteiger partial charge on any atom is -0.475 e. The molecule has 21 heavy (non-hydrogen) atoms. The summed E-state index contributed by atoms with van der Waals surface area (Å²) in [6.07, 6.45) is 3.86. The predicted molar refractivity (Wildman–Crippen MR) is 78.0 cm³/mol. The number of aromatic carboxylic acids is 1. The fourth-order valence-corrected chi connectivity index (χ4v) is 2.72. The van der Waals surface area contributed by atoms with Crippen LogP contribution < -0.4 is 0 Å². The van der Waals surface area contributed by atoms with Crippen LogP contribution in [0.15, 0.2) is 34.9 Å². The molecule has 0 saturated carbocycles. The summed E-state index contributed by atoms with van der Waals surface area (Å²) in [4.78, 5) is 13.3. The molecule has 1 N–H and O–H groups in total. The molecule has 5 heteroatoms. The zero-order chi connectivity index (χ0) is 14.7. The van der Waals surface area contributed by atoms with Gasteiger partial charge in [-0.05, 0) is 37.6 Å². The average molecular weight is 286 g/mol. The Labute approximate surface area is 123 Å². The van der Waals surface area contributed by atoms with Crippen LogP contribution in [0.2, 0.25) is 0 Å². The third-order valence-corrected chi connectivity index (χ3v) is 3.80. The minimum atomic E-state index is -1.10. The highest BCUT2D eigenvalue weighted by Gasteiger charge is 2.14. The second kappa shape index (κ2) is 6.10. The van der Waals surface area contributed by atoms with E-state index in [1.807, 2.05) is 12.1 Å². The van der Waals surface area contributed by atoms with Crippen molar-refractivity contribution in [2.75, 3.05) is 13.1 Å². The van der Waals surface area contributed by atoms with Gasteiger partial charge in [-0.3, -0.25) is 4.90 Å². The summed E-state index contributed by atoms with van der Waals surface area (Å²) in [5, 5.41) is 12.7. The fourth-order valence-electron chi connectivity index (χ4n) is 2.72. The Hall–Kier alpha value is -2.14. The molecule has 0 spiro atoms. The van der Waals surface area contributed by atoms with Crippen LogP contribution in [0.5, 0.6) is 0 Å². The summed E-state index contributed by atoms with van der Waals surface area (Å²) in [6, 6.07) is 9.50. The molecule has 1 saturated heterocycles. The number of hydrogen-bond donors (Lipinski definition) is 1. The maximum absolute atomic E-state index is 10.8. The highest BCUT2D eigenvalue weighted by atomic mass is 16.5. The lowest BCUT2D eigenvalue weighted by atomic mass is 10.1. The van der Waals surface area contributed by atoms with Crippen LogP contribution in [-0.4, -0.2) is 34.2 Å². The molecule has 0 amide bonds. The molecule has 3 rings (SSSR count). The van der Waals surface area contributed by atoms with Crippen molar-refractivity contribution < 1.29 is 14.4 Å². The van der Waals surface area contributed by atoms with Crippen molar-refractivity contribution in [3.63, 3.8) is 0 Å². The van der Waals surface area contributed by atoms with Crippen LogP contribution in [0.25, 0.3) is 11.3 Å². The molecule has 1 aliphatic heterocycles. The van der Waals surface area contributed by atoms with Crippen LogP contribution in [0.3, 0.4) is 0 Å². The number of carboxylic acids is 1. The number of rotatable bonds is 4. The molecule has 1 aromatic heterocycles. The number of benzene rings is 1. The van der Waals surface area contributed by atoms with Crippen molar-refractivity contribution >= 4 is 5.97 Å².